The van der Waals surface area contributed by atoms with Crippen LogP contribution in [-0.4, -0.2) is 32.8 Å². The van der Waals surface area contributed by atoms with Gasteiger partial charge < -0.3 is 4.90 Å². The van der Waals surface area contributed by atoms with Gasteiger partial charge in [-0.3, -0.25) is 9.20 Å². The second-order valence-electron chi connectivity index (χ2n) is 6.59. The van der Waals surface area contributed by atoms with E-state index in [-0.39, 0.29) is 28.3 Å². The van der Waals surface area contributed by atoms with Crippen LogP contribution >= 0.6 is 11.6 Å². The molecule has 142 valence electrons. The Bertz CT molecular complexity index is 831. The number of rotatable bonds is 3. The van der Waals surface area contributed by atoms with Crippen molar-refractivity contribution in [2.75, 3.05) is 6.54 Å². The summed E-state index contributed by atoms with van der Waals surface area (Å²) < 4.78 is 40.8. The number of halogens is 4. The van der Waals surface area contributed by atoms with Crippen LogP contribution in [0.15, 0.2) is 12.3 Å². The predicted molar refractivity (Wildman–Crippen MR) is 93.5 cm³/mol. The van der Waals surface area contributed by atoms with Crippen molar-refractivity contribution in [2.24, 2.45) is 0 Å². The third kappa shape index (κ3) is 3.29. The molecule has 1 aliphatic heterocycles. The van der Waals surface area contributed by atoms with Gasteiger partial charge in [-0.2, -0.15) is 13.2 Å². The van der Waals surface area contributed by atoms with Gasteiger partial charge in [-0.15, -0.1) is 0 Å². The fourth-order valence-corrected chi connectivity index (χ4v) is 3.86. The van der Waals surface area contributed by atoms with E-state index in [1.807, 2.05) is 13.8 Å². The van der Waals surface area contributed by atoms with Gasteiger partial charge in [0.25, 0.3) is 5.91 Å². The summed E-state index contributed by atoms with van der Waals surface area (Å²) in [7, 11) is 0. The smallest absolute Gasteiger partial charge is 0.334 e. The van der Waals surface area contributed by atoms with E-state index in [9.17, 15) is 18.0 Å². The van der Waals surface area contributed by atoms with Crippen LogP contribution in [0.5, 0.6) is 0 Å². The molecule has 0 saturated carbocycles. The maximum Gasteiger partial charge on any atom is 0.417 e. The molecule has 1 saturated heterocycles. The van der Waals surface area contributed by atoms with Gasteiger partial charge in [0.2, 0.25) is 0 Å². The number of aromatic nitrogens is 2. The van der Waals surface area contributed by atoms with Crippen molar-refractivity contribution < 1.29 is 18.0 Å². The highest BCUT2D eigenvalue weighted by Crippen LogP contribution is 2.34. The molecular formula is C18H21ClF3N3O. The first-order valence-corrected chi connectivity index (χ1v) is 9.24. The van der Waals surface area contributed by atoms with Crippen molar-refractivity contribution in [1.29, 1.82) is 0 Å². The van der Waals surface area contributed by atoms with E-state index < -0.39 is 11.7 Å². The number of amides is 1. The minimum atomic E-state index is -4.55. The van der Waals surface area contributed by atoms with Crippen LogP contribution in [-0.2, 0) is 12.6 Å². The van der Waals surface area contributed by atoms with Gasteiger partial charge in [0.05, 0.1) is 16.3 Å². The van der Waals surface area contributed by atoms with E-state index in [0.29, 0.717) is 18.7 Å². The van der Waals surface area contributed by atoms with Gasteiger partial charge in [0.1, 0.15) is 5.69 Å². The molecule has 0 N–H and O–H groups in total. The lowest BCUT2D eigenvalue weighted by atomic mass is 9.99. The number of alkyl halides is 3. The molecule has 4 nitrogen and oxygen atoms in total. The Hall–Kier alpha value is -1.76. The first-order valence-electron chi connectivity index (χ1n) is 8.86. The number of likely N-dealkylation sites (tertiary alicyclic amines) is 1. The zero-order chi connectivity index (χ0) is 19.1. The van der Waals surface area contributed by atoms with E-state index in [2.05, 4.69) is 4.98 Å². The van der Waals surface area contributed by atoms with Gasteiger partial charge in [-0.05, 0) is 38.2 Å². The number of carbonyl (C=O) groups is 1. The normalized spacial score (nSPS) is 18.5. The number of imidazole rings is 1. The molecule has 1 unspecified atom stereocenters. The van der Waals surface area contributed by atoms with Crippen LogP contribution in [0.3, 0.4) is 0 Å². The molecule has 2 aromatic rings. The topological polar surface area (TPSA) is 37.6 Å². The maximum atomic E-state index is 13.2. The Kier molecular flexibility index (Phi) is 5.19. The van der Waals surface area contributed by atoms with Crippen LogP contribution in [0, 0.1) is 0 Å². The van der Waals surface area contributed by atoms with E-state index in [4.69, 9.17) is 11.6 Å². The Morgan fingerprint density at radius 1 is 1.35 bits per heavy atom. The highest BCUT2D eigenvalue weighted by atomic mass is 35.5. The first kappa shape index (κ1) is 19.0. The molecule has 26 heavy (non-hydrogen) atoms. The molecule has 8 heteroatoms. The average molecular weight is 388 g/mol. The van der Waals surface area contributed by atoms with Gasteiger partial charge in [0, 0.05) is 18.8 Å². The molecular weight excluding hydrogens is 367 g/mol. The summed E-state index contributed by atoms with van der Waals surface area (Å²) in [5.41, 5.74) is -0.0489. The molecule has 1 atom stereocenters. The highest BCUT2D eigenvalue weighted by molar-refractivity contribution is 6.33. The second-order valence-corrected chi connectivity index (χ2v) is 6.99. The average Bonchev–Trinajstić information content (AvgIpc) is 2.99. The highest BCUT2D eigenvalue weighted by Gasteiger charge is 2.34. The van der Waals surface area contributed by atoms with Gasteiger partial charge >= 0.3 is 6.18 Å². The van der Waals surface area contributed by atoms with Crippen molar-refractivity contribution in [3.63, 3.8) is 0 Å². The van der Waals surface area contributed by atoms with E-state index >= 15 is 0 Å². The van der Waals surface area contributed by atoms with Crippen LogP contribution in [0.1, 0.15) is 61.3 Å². The monoisotopic (exact) mass is 387 g/mol. The zero-order valence-corrected chi connectivity index (χ0v) is 15.5. The standard InChI is InChI=1S/C18H21ClF3N3O/c1-3-12-7-5-6-8-24(12)17(26)15-14(4-2)23-16-13(19)9-11(10-25(15)16)18(20,21)22/h9-10,12H,3-8H2,1-2H3. The lowest BCUT2D eigenvalue weighted by Gasteiger charge is -2.35. The van der Waals surface area contributed by atoms with Gasteiger partial charge in [-0.25, -0.2) is 4.98 Å². The fourth-order valence-electron chi connectivity index (χ4n) is 3.61. The van der Waals surface area contributed by atoms with Crippen molar-refractivity contribution >= 4 is 23.2 Å². The van der Waals surface area contributed by atoms with Gasteiger partial charge in [-0.1, -0.05) is 25.4 Å². The number of carbonyl (C=O) groups excluding carboxylic acids is 1. The van der Waals surface area contributed by atoms with Gasteiger partial charge in [0.15, 0.2) is 5.65 Å². The minimum Gasteiger partial charge on any atom is -0.334 e. The summed E-state index contributed by atoms with van der Waals surface area (Å²) in [5.74, 6) is -0.267. The summed E-state index contributed by atoms with van der Waals surface area (Å²) in [4.78, 5) is 19.4. The van der Waals surface area contributed by atoms with Crippen molar-refractivity contribution in [1.82, 2.24) is 14.3 Å². The minimum absolute atomic E-state index is 0.104. The first-order chi connectivity index (χ1) is 12.3. The molecule has 0 aromatic carbocycles. The molecule has 1 aliphatic rings. The quantitative estimate of drug-likeness (QED) is 0.745. The Balaban J connectivity index is 2.17. The zero-order valence-electron chi connectivity index (χ0n) is 14.7. The number of hydrogen-bond donors (Lipinski definition) is 0. The number of aryl methyl sites for hydroxylation is 1. The molecule has 2 aromatic heterocycles. The van der Waals surface area contributed by atoms with Crippen LogP contribution < -0.4 is 0 Å². The molecule has 0 bridgehead atoms. The molecule has 1 amide bonds. The van der Waals surface area contributed by atoms with Crippen LogP contribution in [0.4, 0.5) is 13.2 Å². The van der Waals surface area contributed by atoms with E-state index in [0.717, 1.165) is 37.9 Å². The Morgan fingerprint density at radius 2 is 2.08 bits per heavy atom. The van der Waals surface area contributed by atoms with E-state index in [1.165, 1.54) is 4.40 Å². The number of fused-ring (bicyclic) bond motifs is 1. The van der Waals surface area contributed by atoms with Crippen molar-refractivity contribution in [2.45, 2.75) is 58.2 Å². The SMILES string of the molecule is CCc1nc2c(Cl)cc(C(F)(F)F)cn2c1C(=O)N1CCCCC1CC. The molecule has 0 radical (unpaired) electrons. The van der Waals surface area contributed by atoms with Crippen LogP contribution in [0.2, 0.25) is 5.02 Å². The summed E-state index contributed by atoms with van der Waals surface area (Å²) in [6.45, 7) is 4.45. The number of pyridine rings is 1. The maximum absolute atomic E-state index is 13.2. The number of hydrogen-bond acceptors (Lipinski definition) is 2. The van der Waals surface area contributed by atoms with Crippen molar-refractivity contribution in [3.05, 3.63) is 34.2 Å². The third-order valence-electron chi connectivity index (χ3n) is 4.97. The summed E-state index contributed by atoms with van der Waals surface area (Å²) in [5, 5.41) is -0.112. The number of piperidine rings is 1. The summed E-state index contributed by atoms with van der Waals surface area (Å²) in [6.07, 6.45) is 0.491. The lowest BCUT2D eigenvalue weighted by Crippen LogP contribution is -2.44. The third-order valence-corrected chi connectivity index (χ3v) is 5.25. The molecule has 1 fully saturated rings. The predicted octanol–water partition coefficient (Wildman–Crippen LogP) is 4.97. The molecule has 3 rings (SSSR count). The van der Waals surface area contributed by atoms with Crippen molar-refractivity contribution in [3.8, 4) is 0 Å². The molecule has 3 heterocycles. The molecule has 0 spiro atoms. The lowest BCUT2D eigenvalue weighted by molar-refractivity contribution is -0.137. The molecule has 0 aliphatic carbocycles. The van der Waals surface area contributed by atoms with Crippen LogP contribution in [0.25, 0.3) is 5.65 Å². The Morgan fingerprint density at radius 3 is 2.69 bits per heavy atom. The second kappa shape index (κ2) is 7.10. The summed E-state index contributed by atoms with van der Waals surface area (Å²) >= 11 is 6.05. The summed E-state index contributed by atoms with van der Waals surface area (Å²) in [6, 6.07) is 0.959. The number of nitrogens with zero attached hydrogens (tertiary/aromatic N) is 3. The van der Waals surface area contributed by atoms with E-state index in [1.54, 1.807) is 4.90 Å². The fraction of sp³-hybridized carbons (Fsp3) is 0.556. The Labute approximate surface area is 154 Å². The largest absolute Gasteiger partial charge is 0.417 e.